The van der Waals surface area contributed by atoms with Crippen LogP contribution in [-0.2, 0) is 0 Å². The number of rotatable bonds is 2. The lowest BCUT2D eigenvalue weighted by Crippen LogP contribution is -2.43. The van der Waals surface area contributed by atoms with Gasteiger partial charge in [-0.2, -0.15) is 0 Å². The number of aromatic nitrogens is 2. The van der Waals surface area contributed by atoms with Gasteiger partial charge in [-0.15, -0.1) is 5.10 Å². The summed E-state index contributed by atoms with van der Waals surface area (Å²) in [7, 11) is 0. The Morgan fingerprint density at radius 2 is 2.00 bits per heavy atom. The molecular formula is C11H10BrN5OS2. The molecule has 2 rings (SSSR count). The van der Waals surface area contributed by atoms with Crippen molar-refractivity contribution in [3.63, 3.8) is 0 Å². The van der Waals surface area contributed by atoms with Gasteiger partial charge in [-0.1, -0.05) is 20.4 Å². The molecule has 0 aliphatic rings. The SMILES string of the molecule is Cc1nnsc1C(=O)NNC(=S)Nc1ccc(Br)cc1. The summed E-state index contributed by atoms with van der Waals surface area (Å²) in [6.45, 7) is 1.72. The number of benzene rings is 1. The molecule has 0 bridgehead atoms. The van der Waals surface area contributed by atoms with E-state index in [1.165, 1.54) is 0 Å². The highest BCUT2D eigenvalue weighted by Crippen LogP contribution is 2.13. The van der Waals surface area contributed by atoms with Gasteiger partial charge in [0.2, 0.25) is 0 Å². The molecule has 1 aromatic carbocycles. The van der Waals surface area contributed by atoms with Crippen LogP contribution in [0, 0.1) is 6.92 Å². The summed E-state index contributed by atoms with van der Waals surface area (Å²) in [6, 6.07) is 7.49. The van der Waals surface area contributed by atoms with Gasteiger partial charge >= 0.3 is 0 Å². The number of hydrogen-bond acceptors (Lipinski definition) is 5. The monoisotopic (exact) mass is 371 g/mol. The van der Waals surface area contributed by atoms with Crippen molar-refractivity contribution in [3.05, 3.63) is 39.3 Å². The Kier molecular flexibility index (Phi) is 4.99. The lowest BCUT2D eigenvalue weighted by Gasteiger charge is -2.11. The number of carbonyl (C=O) groups is 1. The van der Waals surface area contributed by atoms with Crippen molar-refractivity contribution < 1.29 is 4.79 Å². The Labute approximate surface area is 133 Å². The fourth-order valence-corrected chi connectivity index (χ4v) is 2.29. The van der Waals surface area contributed by atoms with Gasteiger partial charge in [0.25, 0.3) is 5.91 Å². The first-order chi connectivity index (χ1) is 9.56. The molecule has 20 heavy (non-hydrogen) atoms. The van der Waals surface area contributed by atoms with Gasteiger partial charge in [0.15, 0.2) is 5.11 Å². The first kappa shape index (κ1) is 14.8. The number of aryl methyl sites for hydroxylation is 1. The van der Waals surface area contributed by atoms with E-state index in [2.05, 4.69) is 41.7 Å². The molecule has 0 atom stereocenters. The van der Waals surface area contributed by atoms with Crippen molar-refractivity contribution >= 4 is 56.4 Å². The third kappa shape index (κ3) is 3.95. The minimum atomic E-state index is -0.322. The zero-order valence-electron chi connectivity index (χ0n) is 10.3. The Morgan fingerprint density at radius 1 is 1.30 bits per heavy atom. The Morgan fingerprint density at radius 3 is 2.60 bits per heavy atom. The lowest BCUT2D eigenvalue weighted by atomic mass is 10.3. The van der Waals surface area contributed by atoms with Crippen LogP contribution < -0.4 is 16.2 Å². The molecule has 0 saturated heterocycles. The van der Waals surface area contributed by atoms with Crippen molar-refractivity contribution in [1.82, 2.24) is 20.4 Å². The van der Waals surface area contributed by atoms with E-state index in [4.69, 9.17) is 12.2 Å². The van der Waals surface area contributed by atoms with E-state index in [1.54, 1.807) is 6.92 Å². The maximum atomic E-state index is 11.8. The van der Waals surface area contributed by atoms with Crippen molar-refractivity contribution in [2.24, 2.45) is 0 Å². The molecule has 0 radical (unpaired) electrons. The van der Waals surface area contributed by atoms with Gasteiger partial charge in [-0.3, -0.25) is 15.6 Å². The number of thiocarbonyl (C=S) groups is 1. The van der Waals surface area contributed by atoms with Gasteiger partial charge in [0.05, 0.1) is 5.69 Å². The Balaban J connectivity index is 1.85. The van der Waals surface area contributed by atoms with E-state index in [-0.39, 0.29) is 11.0 Å². The highest BCUT2D eigenvalue weighted by Gasteiger charge is 2.12. The number of halogens is 1. The summed E-state index contributed by atoms with van der Waals surface area (Å²) in [5.41, 5.74) is 6.51. The second kappa shape index (κ2) is 6.73. The molecule has 0 aliphatic heterocycles. The van der Waals surface area contributed by atoms with Crippen LogP contribution in [0.4, 0.5) is 5.69 Å². The average Bonchev–Trinajstić information content (AvgIpc) is 2.85. The topological polar surface area (TPSA) is 78.9 Å². The van der Waals surface area contributed by atoms with Crippen LogP contribution in [0.5, 0.6) is 0 Å². The molecule has 1 aromatic heterocycles. The van der Waals surface area contributed by atoms with Crippen molar-refractivity contribution in [3.8, 4) is 0 Å². The predicted octanol–water partition coefficient (Wildman–Crippen LogP) is 2.24. The van der Waals surface area contributed by atoms with Crippen LogP contribution in [0.2, 0.25) is 0 Å². The summed E-state index contributed by atoms with van der Waals surface area (Å²) in [5.74, 6) is -0.322. The number of nitrogens with zero attached hydrogens (tertiary/aromatic N) is 2. The molecule has 2 aromatic rings. The number of hydrogen-bond donors (Lipinski definition) is 3. The van der Waals surface area contributed by atoms with E-state index in [0.29, 0.717) is 10.6 Å². The maximum absolute atomic E-state index is 11.8. The van der Waals surface area contributed by atoms with Crippen molar-refractivity contribution in [2.75, 3.05) is 5.32 Å². The minimum Gasteiger partial charge on any atom is -0.331 e. The van der Waals surface area contributed by atoms with E-state index in [9.17, 15) is 4.79 Å². The van der Waals surface area contributed by atoms with E-state index >= 15 is 0 Å². The lowest BCUT2D eigenvalue weighted by molar-refractivity contribution is 0.0947. The summed E-state index contributed by atoms with van der Waals surface area (Å²) >= 11 is 9.45. The van der Waals surface area contributed by atoms with Crippen LogP contribution in [0.15, 0.2) is 28.7 Å². The summed E-state index contributed by atoms with van der Waals surface area (Å²) in [5, 5.41) is 7.00. The minimum absolute atomic E-state index is 0.288. The second-order valence-corrected chi connectivity index (χ2v) is 5.81. The van der Waals surface area contributed by atoms with Crippen LogP contribution in [0.1, 0.15) is 15.4 Å². The number of amides is 1. The number of nitrogens with one attached hydrogen (secondary N) is 3. The maximum Gasteiger partial charge on any atom is 0.283 e. The van der Waals surface area contributed by atoms with Gasteiger partial charge in [0, 0.05) is 10.2 Å². The van der Waals surface area contributed by atoms with Crippen molar-refractivity contribution in [2.45, 2.75) is 6.92 Å². The Hall–Kier alpha value is -1.58. The standard InChI is InChI=1S/C11H10BrN5OS2/c1-6-9(20-17-14-6)10(18)15-16-11(19)13-8-4-2-7(12)3-5-8/h2-5H,1H3,(H,15,18)(H2,13,16,19). The third-order valence-corrected chi connectivity index (χ3v) is 3.81. The predicted molar refractivity (Wildman–Crippen MR) is 85.6 cm³/mol. The number of carbonyl (C=O) groups excluding carboxylic acids is 1. The quantitative estimate of drug-likeness (QED) is 0.554. The molecule has 3 N–H and O–H groups in total. The average molecular weight is 372 g/mol. The molecule has 0 saturated carbocycles. The summed E-state index contributed by atoms with van der Waals surface area (Å²) in [4.78, 5) is 12.2. The molecule has 0 fully saturated rings. The van der Waals surface area contributed by atoms with Crippen molar-refractivity contribution in [1.29, 1.82) is 0 Å². The largest absolute Gasteiger partial charge is 0.331 e. The van der Waals surface area contributed by atoms with Crippen LogP contribution in [0.25, 0.3) is 0 Å². The molecule has 0 unspecified atom stereocenters. The van der Waals surface area contributed by atoms with E-state index in [0.717, 1.165) is 21.7 Å². The normalized spacial score (nSPS) is 9.90. The molecule has 104 valence electrons. The smallest absolute Gasteiger partial charge is 0.283 e. The van der Waals surface area contributed by atoms with Gasteiger partial charge in [0.1, 0.15) is 4.88 Å². The molecular weight excluding hydrogens is 362 g/mol. The Bertz CT molecular complexity index is 628. The molecule has 1 amide bonds. The van der Waals surface area contributed by atoms with Crippen LogP contribution in [-0.4, -0.2) is 20.6 Å². The summed E-state index contributed by atoms with van der Waals surface area (Å²) in [6.07, 6.45) is 0. The second-order valence-electron chi connectivity index (χ2n) is 3.73. The molecule has 0 spiro atoms. The highest BCUT2D eigenvalue weighted by molar-refractivity contribution is 9.10. The molecule has 0 aliphatic carbocycles. The zero-order chi connectivity index (χ0) is 14.5. The fraction of sp³-hybridized carbons (Fsp3) is 0.0909. The van der Waals surface area contributed by atoms with E-state index < -0.39 is 0 Å². The highest BCUT2D eigenvalue weighted by atomic mass is 79.9. The van der Waals surface area contributed by atoms with Crippen LogP contribution >= 0.6 is 39.7 Å². The summed E-state index contributed by atoms with van der Waals surface area (Å²) < 4.78 is 4.67. The molecule has 9 heteroatoms. The van der Waals surface area contributed by atoms with Gasteiger partial charge in [-0.25, -0.2) is 0 Å². The number of anilines is 1. The first-order valence-corrected chi connectivity index (χ1v) is 7.45. The van der Waals surface area contributed by atoms with Gasteiger partial charge in [-0.05, 0) is 54.9 Å². The fourth-order valence-electron chi connectivity index (χ4n) is 1.31. The molecule has 6 nitrogen and oxygen atoms in total. The molecule has 1 heterocycles. The zero-order valence-corrected chi connectivity index (χ0v) is 13.5. The van der Waals surface area contributed by atoms with Crippen LogP contribution in [0.3, 0.4) is 0 Å². The van der Waals surface area contributed by atoms with Gasteiger partial charge < -0.3 is 5.32 Å². The first-order valence-electron chi connectivity index (χ1n) is 5.48. The number of hydrazine groups is 1. The van der Waals surface area contributed by atoms with E-state index in [1.807, 2.05) is 24.3 Å². The third-order valence-electron chi connectivity index (χ3n) is 2.25.